The summed E-state index contributed by atoms with van der Waals surface area (Å²) >= 11 is 5.51. The number of hydrogen-bond donors (Lipinski definition) is 2. The third-order valence-corrected chi connectivity index (χ3v) is 1.62. The standard InChI is InChI=1S/C8H7ClFN3O/c9-6-3-5(1-2-7(6)10)4-12-13-8(11)14/h1-4H,(H3,11,13,14). The molecule has 1 aromatic rings. The van der Waals surface area contributed by atoms with Gasteiger partial charge in [0.1, 0.15) is 5.82 Å². The van der Waals surface area contributed by atoms with Gasteiger partial charge in [0.15, 0.2) is 0 Å². The highest BCUT2D eigenvalue weighted by Crippen LogP contribution is 2.14. The number of benzene rings is 1. The van der Waals surface area contributed by atoms with E-state index in [2.05, 4.69) is 5.10 Å². The molecule has 4 nitrogen and oxygen atoms in total. The van der Waals surface area contributed by atoms with E-state index >= 15 is 0 Å². The third kappa shape index (κ3) is 3.02. The molecule has 0 fully saturated rings. The fraction of sp³-hybridized carbons (Fsp3) is 0. The van der Waals surface area contributed by atoms with Crippen molar-refractivity contribution in [1.29, 1.82) is 0 Å². The Hall–Kier alpha value is -1.62. The zero-order valence-corrected chi connectivity index (χ0v) is 7.75. The lowest BCUT2D eigenvalue weighted by molar-refractivity contribution is 0.249. The van der Waals surface area contributed by atoms with Crippen LogP contribution in [0, 0.1) is 5.82 Å². The molecule has 0 atom stereocenters. The van der Waals surface area contributed by atoms with E-state index in [1.54, 1.807) is 0 Å². The molecule has 0 radical (unpaired) electrons. The van der Waals surface area contributed by atoms with Crippen LogP contribution >= 0.6 is 11.6 Å². The van der Waals surface area contributed by atoms with Crippen molar-refractivity contribution in [3.05, 3.63) is 34.6 Å². The summed E-state index contributed by atoms with van der Waals surface area (Å²) in [5, 5.41) is 3.47. The zero-order chi connectivity index (χ0) is 10.6. The molecule has 0 unspecified atom stereocenters. The molecular weight excluding hydrogens is 209 g/mol. The lowest BCUT2D eigenvalue weighted by Gasteiger charge is -1.96. The van der Waals surface area contributed by atoms with E-state index < -0.39 is 11.8 Å². The van der Waals surface area contributed by atoms with Gasteiger partial charge in [-0.2, -0.15) is 5.10 Å². The molecule has 74 valence electrons. The average molecular weight is 216 g/mol. The average Bonchev–Trinajstić information content (AvgIpc) is 2.10. The Morgan fingerprint density at radius 1 is 1.64 bits per heavy atom. The predicted molar refractivity (Wildman–Crippen MR) is 51.7 cm³/mol. The summed E-state index contributed by atoms with van der Waals surface area (Å²) in [6.45, 7) is 0. The van der Waals surface area contributed by atoms with Crippen LogP contribution in [0.5, 0.6) is 0 Å². The van der Waals surface area contributed by atoms with Crippen molar-refractivity contribution in [3.63, 3.8) is 0 Å². The van der Waals surface area contributed by atoms with E-state index in [1.807, 2.05) is 5.43 Å². The Bertz CT molecular complexity index is 381. The molecule has 1 rings (SSSR count). The van der Waals surface area contributed by atoms with Gasteiger partial charge in [-0.05, 0) is 17.7 Å². The first-order valence-electron chi connectivity index (χ1n) is 3.63. The number of carbonyl (C=O) groups excluding carboxylic acids is 1. The number of nitrogens with zero attached hydrogens (tertiary/aromatic N) is 1. The molecule has 0 bridgehead atoms. The zero-order valence-electron chi connectivity index (χ0n) is 7.00. The molecule has 2 amide bonds. The number of nitrogens with two attached hydrogens (primary N) is 1. The highest BCUT2D eigenvalue weighted by atomic mass is 35.5. The molecule has 1 aromatic carbocycles. The Morgan fingerprint density at radius 3 is 2.93 bits per heavy atom. The maximum absolute atomic E-state index is 12.7. The maximum atomic E-state index is 12.7. The van der Waals surface area contributed by atoms with E-state index in [0.29, 0.717) is 5.56 Å². The molecule has 0 saturated heterocycles. The van der Waals surface area contributed by atoms with Crippen LogP contribution in [0.2, 0.25) is 5.02 Å². The Morgan fingerprint density at radius 2 is 2.36 bits per heavy atom. The molecule has 0 saturated carbocycles. The van der Waals surface area contributed by atoms with Crippen LogP contribution in [0.25, 0.3) is 0 Å². The minimum atomic E-state index is -0.769. The first kappa shape index (κ1) is 10.5. The molecule has 6 heteroatoms. The van der Waals surface area contributed by atoms with Crippen molar-refractivity contribution in [3.8, 4) is 0 Å². The quantitative estimate of drug-likeness (QED) is 0.570. The molecule has 0 spiro atoms. The van der Waals surface area contributed by atoms with Crippen LogP contribution < -0.4 is 11.2 Å². The van der Waals surface area contributed by atoms with Gasteiger partial charge in [-0.25, -0.2) is 14.6 Å². The van der Waals surface area contributed by atoms with Gasteiger partial charge in [-0.15, -0.1) is 0 Å². The van der Waals surface area contributed by atoms with Crippen molar-refractivity contribution in [2.75, 3.05) is 0 Å². The predicted octanol–water partition coefficient (Wildman–Crippen LogP) is 1.48. The SMILES string of the molecule is NC(=O)NN=Cc1ccc(F)c(Cl)c1. The van der Waals surface area contributed by atoms with Crippen molar-refractivity contribution in [2.24, 2.45) is 10.8 Å². The van der Waals surface area contributed by atoms with Gasteiger partial charge in [-0.1, -0.05) is 17.7 Å². The number of carbonyl (C=O) groups is 1. The molecule has 0 heterocycles. The summed E-state index contributed by atoms with van der Waals surface area (Å²) in [6.07, 6.45) is 1.30. The van der Waals surface area contributed by atoms with Crippen LogP contribution in [0.1, 0.15) is 5.56 Å². The van der Waals surface area contributed by atoms with Gasteiger partial charge in [0.2, 0.25) is 0 Å². The second kappa shape index (κ2) is 4.57. The van der Waals surface area contributed by atoms with Crippen LogP contribution in [0.3, 0.4) is 0 Å². The number of halogens is 2. The second-order valence-electron chi connectivity index (χ2n) is 2.41. The van der Waals surface area contributed by atoms with Crippen molar-refractivity contribution in [2.45, 2.75) is 0 Å². The van der Waals surface area contributed by atoms with Crippen molar-refractivity contribution in [1.82, 2.24) is 5.43 Å². The van der Waals surface area contributed by atoms with Crippen molar-refractivity contribution >= 4 is 23.8 Å². The molecular formula is C8H7ClFN3O. The van der Waals surface area contributed by atoms with Crippen LogP contribution in [-0.4, -0.2) is 12.2 Å². The van der Waals surface area contributed by atoms with Gasteiger partial charge in [0.25, 0.3) is 0 Å². The lowest BCUT2D eigenvalue weighted by atomic mass is 10.2. The number of hydrogen-bond acceptors (Lipinski definition) is 2. The number of nitrogens with one attached hydrogen (secondary N) is 1. The number of amides is 2. The molecule has 0 aliphatic rings. The summed E-state index contributed by atoms with van der Waals surface area (Å²) in [4.78, 5) is 10.2. The molecule has 0 aromatic heterocycles. The highest BCUT2D eigenvalue weighted by Gasteiger charge is 1.98. The summed E-state index contributed by atoms with van der Waals surface area (Å²) in [5.41, 5.74) is 7.32. The molecule has 0 aliphatic carbocycles. The number of primary amides is 1. The normalized spacial score (nSPS) is 10.4. The number of rotatable bonds is 2. The van der Waals surface area contributed by atoms with E-state index in [4.69, 9.17) is 17.3 Å². The fourth-order valence-corrected chi connectivity index (χ4v) is 0.952. The minimum Gasteiger partial charge on any atom is -0.350 e. The largest absolute Gasteiger partial charge is 0.350 e. The summed E-state index contributed by atoms with van der Waals surface area (Å²) in [7, 11) is 0. The Balaban J connectivity index is 2.73. The van der Waals surface area contributed by atoms with E-state index in [9.17, 15) is 9.18 Å². The lowest BCUT2D eigenvalue weighted by Crippen LogP contribution is -2.24. The first-order valence-corrected chi connectivity index (χ1v) is 4.01. The maximum Gasteiger partial charge on any atom is 0.332 e. The smallest absolute Gasteiger partial charge is 0.332 e. The monoisotopic (exact) mass is 215 g/mol. The molecule has 14 heavy (non-hydrogen) atoms. The second-order valence-corrected chi connectivity index (χ2v) is 2.81. The number of hydrazone groups is 1. The van der Waals surface area contributed by atoms with E-state index in [-0.39, 0.29) is 5.02 Å². The van der Waals surface area contributed by atoms with Gasteiger partial charge in [-0.3, -0.25) is 0 Å². The topological polar surface area (TPSA) is 67.5 Å². The molecule has 3 N–H and O–H groups in total. The van der Waals surface area contributed by atoms with E-state index in [1.165, 1.54) is 24.4 Å². The molecule has 0 aliphatic heterocycles. The Labute approximate surface area is 84.5 Å². The van der Waals surface area contributed by atoms with Gasteiger partial charge < -0.3 is 5.73 Å². The summed E-state index contributed by atoms with van der Waals surface area (Å²) < 4.78 is 12.7. The highest BCUT2D eigenvalue weighted by molar-refractivity contribution is 6.31. The summed E-state index contributed by atoms with van der Waals surface area (Å²) in [5.74, 6) is -0.508. The fourth-order valence-electron chi connectivity index (χ4n) is 0.763. The van der Waals surface area contributed by atoms with Gasteiger partial charge in [0.05, 0.1) is 11.2 Å². The van der Waals surface area contributed by atoms with Crippen molar-refractivity contribution < 1.29 is 9.18 Å². The summed E-state index contributed by atoms with van der Waals surface area (Å²) in [6, 6.07) is 3.28. The van der Waals surface area contributed by atoms with Gasteiger partial charge >= 0.3 is 6.03 Å². The van der Waals surface area contributed by atoms with Crippen LogP contribution in [-0.2, 0) is 0 Å². The first-order chi connectivity index (χ1) is 6.59. The Kier molecular flexibility index (Phi) is 3.41. The van der Waals surface area contributed by atoms with E-state index in [0.717, 1.165) is 0 Å². The van der Waals surface area contributed by atoms with Crippen LogP contribution in [0.15, 0.2) is 23.3 Å². The number of urea groups is 1. The van der Waals surface area contributed by atoms with Crippen LogP contribution in [0.4, 0.5) is 9.18 Å². The third-order valence-electron chi connectivity index (χ3n) is 1.33. The van der Waals surface area contributed by atoms with Gasteiger partial charge in [0, 0.05) is 0 Å². The minimum absolute atomic E-state index is 0.00646.